The van der Waals surface area contributed by atoms with E-state index in [4.69, 9.17) is 16.7 Å². The molecule has 0 aliphatic carbocycles. The highest BCUT2D eigenvalue weighted by molar-refractivity contribution is 6.31. The van der Waals surface area contributed by atoms with Crippen molar-refractivity contribution in [1.82, 2.24) is 10.6 Å². The maximum Gasteiger partial charge on any atom is 0.211 e. The van der Waals surface area contributed by atoms with Crippen molar-refractivity contribution in [2.75, 3.05) is 31.6 Å². The Morgan fingerprint density at radius 1 is 1.21 bits per heavy atom. The number of benzene rings is 1. The second kappa shape index (κ2) is 19.5. The topological polar surface area (TPSA) is 90.5 Å². The van der Waals surface area contributed by atoms with Gasteiger partial charge in [0.25, 0.3) is 0 Å². The average Bonchev–Trinajstić information content (AvgIpc) is 3.29. The summed E-state index contributed by atoms with van der Waals surface area (Å²) in [5.74, 6) is -0.688. The predicted molar refractivity (Wildman–Crippen MR) is 153 cm³/mol. The molecule has 1 aromatic rings. The minimum atomic E-state index is -0.505. The number of carbonyl (C=O) groups is 2. The van der Waals surface area contributed by atoms with Crippen LogP contribution in [0, 0.1) is 17.2 Å². The molecular weight excluding hydrogens is 512 g/mol. The third-order valence-corrected chi connectivity index (χ3v) is 5.50. The Kier molecular flexibility index (Phi) is 18.2. The monoisotopic (exact) mass is 555 g/mol. The Bertz CT molecular complexity index is 924. The van der Waals surface area contributed by atoms with Gasteiger partial charge in [-0.2, -0.15) is 0 Å². The van der Waals surface area contributed by atoms with Crippen molar-refractivity contribution in [2.45, 2.75) is 59.8 Å². The second-order valence-electron chi connectivity index (χ2n) is 10.6. The molecule has 1 fully saturated rings. The minimum Gasteiger partial charge on any atom is -0.396 e. The van der Waals surface area contributed by atoms with E-state index in [9.17, 15) is 18.4 Å². The number of carbonyl (C=O) groups excluding carboxylic acids is 2. The van der Waals surface area contributed by atoms with Crippen LogP contribution in [0.1, 0.15) is 65.4 Å². The van der Waals surface area contributed by atoms with Gasteiger partial charge in [0.2, 0.25) is 12.8 Å². The summed E-state index contributed by atoms with van der Waals surface area (Å²) >= 11 is 5.82. The molecule has 1 aliphatic rings. The van der Waals surface area contributed by atoms with E-state index in [1.54, 1.807) is 19.1 Å². The van der Waals surface area contributed by atoms with Crippen LogP contribution < -0.4 is 16.0 Å². The van der Waals surface area contributed by atoms with Crippen LogP contribution >= 0.6 is 11.6 Å². The molecule has 1 heterocycles. The van der Waals surface area contributed by atoms with Gasteiger partial charge in [0.05, 0.1) is 5.02 Å². The number of amides is 2. The lowest BCUT2D eigenvalue weighted by Crippen LogP contribution is -2.13. The van der Waals surface area contributed by atoms with E-state index < -0.39 is 11.6 Å². The zero-order valence-corrected chi connectivity index (χ0v) is 24.0. The van der Waals surface area contributed by atoms with E-state index >= 15 is 0 Å². The summed E-state index contributed by atoms with van der Waals surface area (Å²) in [5.41, 5.74) is 2.23. The van der Waals surface area contributed by atoms with Crippen LogP contribution in [-0.4, -0.2) is 44.2 Å². The Morgan fingerprint density at radius 3 is 2.42 bits per heavy atom. The van der Waals surface area contributed by atoms with Crippen LogP contribution in [-0.2, 0) is 9.59 Å². The van der Waals surface area contributed by atoms with E-state index in [1.165, 1.54) is 12.1 Å². The van der Waals surface area contributed by atoms with Crippen molar-refractivity contribution < 1.29 is 23.5 Å². The number of halogens is 3. The van der Waals surface area contributed by atoms with E-state index in [0.717, 1.165) is 31.4 Å². The fourth-order valence-electron chi connectivity index (χ4n) is 3.36. The number of hydrogen-bond acceptors (Lipinski definition) is 4. The zero-order chi connectivity index (χ0) is 29.1. The lowest BCUT2D eigenvalue weighted by molar-refractivity contribution is -0.109. The first-order valence-corrected chi connectivity index (χ1v) is 13.1. The zero-order valence-electron chi connectivity index (χ0n) is 23.3. The van der Waals surface area contributed by atoms with Gasteiger partial charge in [-0.25, -0.2) is 8.78 Å². The summed E-state index contributed by atoms with van der Waals surface area (Å²) in [7, 11) is 0. The number of anilines is 1. The maximum atomic E-state index is 13.9. The van der Waals surface area contributed by atoms with Crippen LogP contribution in [0.25, 0.3) is 0 Å². The van der Waals surface area contributed by atoms with E-state index in [0.29, 0.717) is 42.6 Å². The highest BCUT2D eigenvalue weighted by Gasteiger charge is 2.30. The predicted octanol–water partition coefficient (Wildman–Crippen LogP) is 6.28. The van der Waals surface area contributed by atoms with E-state index in [2.05, 4.69) is 50.2 Å². The summed E-state index contributed by atoms with van der Waals surface area (Å²) in [6.45, 7) is 16.0. The second-order valence-corrected chi connectivity index (χ2v) is 11.0. The van der Waals surface area contributed by atoms with E-state index in [1.807, 2.05) is 6.08 Å². The van der Waals surface area contributed by atoms with Gasteiger partial charge >= 0.3 is 0 Å². The molecule has 1 aromatic carbocycles. The molecule has 2 atom stereocenters. The number of rotatable bonds is 12. The minimum absolute atomic E-state index is 0.0254. The molecule has 214 valence electrons. The highest BCUT2D eigenvalue weighted by atomic mass is 35.5. The third kappa shape index (κ3) is 16.3. The van der Waals surface area contributed by atoms with Crippen molar-refractivity contribution in [2.24, 2.45) is 11.3 Å². The van der Waals surface area contributed by atoms with Crippen molar-refractivity contribution in [3.8, 4) is 0 Å². The first-order valence-electron chi connectivity index (χ1n) is 12.7. The van der Waals surface area contributed by atoms with Crippen molar-refractivity contribution in [3.63, 3.8) is 0 Å². The molecule has 0 unspecified atom stereocenters. The Hall–Kier alpha value is -2.55. The van der Waals surface area contributed by atoms with Crippen LogP contribution in [0.4, 0.5) is 14.5 Å². The van der Waals surface area contributed by atoms with Gasteiger partial charge in [0, 0.05) is 31.3 Å². The highest BCUT2D eigenvalue weighted by Crippen LogP contribution is 2.37. The molecule has 0 aromatic heterocycles. The van der Waals surface area contributed by atoms with Gasteiger partial charge in [-0.3, -0.25) is 9.59 Å². The van der Waals surface area contributed by atoms with Crippen molar-refractivity contribution in [1.29, 1.82) is 0 Å². The standard InChI is InChI=1S/C19H21ClF2N2O.C5H11NO2.C5H12/c1-12(13(2)21)5-3-4-6-14-9-23-10-16(14)15-7-18(22)17(20)8-19(15)24-11-25;7-4-2-1-3-6-5-8;1-5(2,3)4/h3-5,7-8,11,14,16,23H,2,6,9-10H2,1H3,(H,24,25);5,7H,1-4H2,(H,6,8);1-4H3/b4-3-,12-5-;;/t14-,16+;;/m0../s1. The van der Waals surface area contributed by atoms with Gasteiger partial charge in [0.1, 0.15) is 11.6 Å². The number of allylic oxidation sites excluding steroid dienone is 5. The van der Waals surface area contributed by atoms with E-state index in [-0.39, 0.29) is 23.5 Å². The largest absolute Gasteiger partial charge is 0.396 e. The smallest absolute Gasteiger partial charge is 0.211 e. The van der Waals surface area contributed by atoms with Crippen molar-refractivity contribution >= 4 is 30.1 Å². The molecule has 0 bridgehead atoms. The molecular formula is C29H44ClF2N3O3. The molecule has 2 rings (SSSR count). The van der Waals surface area contributed by atoms with Crippen LogP contribution in [0.2, 0.25) is 5.02 Å². The number of aliphatic hydroxyl groups excluding tert-OH is 1. The number of aliphatic hydroxyl groups is 1. The van der Waals surface area contributed by atoms with Gasteiger partial charge in [-0.15, -0.1) is 0 Å². The summed E-state index contributed by atoms with van der Waals surface area (Å²) in [6, 6.07) is 2.82. The molecule has 0 spiro atoms. The Balaban J connectivity index is 0.000000871. The summed E-state index contributed by atoms with van der Waals surface area (Å²) in [4.78, 5) is 20.4. The van der Waals surface area contributed by atoms with Crippen molar-refractivity contribution in [3.05, 3.63) is 64.7 Å². The number of nitrogens with one attached hydrogen (secondary N) is 3. The molecule has 0 saturated carbocycles. The fraction of sp³-hybridized carbons (Fsp3) is 0.517. The molecule has 6 nitrogen and oxygen atoms in total. The van der Waals surface area contributed by atoms with Gasteiger partial charge in [-0.05, 0) is 67.3 Å². The molecule has 2 amide bonds. The SMILES string of the molecule is C=C(F)/C(C)=C\C=C/C[C@H]1CNC[C@H]1c1cc(F)c(Cl)cc1NC=O.CC(C)(C)C.O=CNCCCCO. The quantitative estimate of drug-likeness (QED) is 0.139. The third-order valence-electron chi connectivity index (χ3n) is 5.21. The molecule has 4 N–H and O–H groups in total. The van der Waals surface area contributed by atoms with Gasteiger partial charge in [-0.1, -0.05) is 64.1 Å². The molecule has 1 aliphatic heterocycles. The first kappa shape index (κ1) is 35.5. The number of hydrogen-bond donors (Lipinski definition) is 4. The number of unbranched alkanes of at least 4 members (excludes halogenated alkanes) is 1. The summed E-state index contributed by atoms with van der Waals surface area (Å²) < 4.78 is 26.8. The lowest BCUT2D eigenvalue weighted by Gasteiger charge is -2.21. The molecule has 9 heteroatoms. The Morgan fingerprint density at radius 2 is 1.87 bits per heavy atom. The van der Waals surface area contributed by atoms with Gasteiger partial charge < -0.3 is 21.1 Å². The fourth-order valence-corrected chi connectivity index (χ4v) is 3.52. The summed E-state index contributed by atoms with van der Waals surface area (Å²) in [5, 5.41) is 16.6. The maximum absolute atomic E-state index is 13.9. The summed E-state index contributed by atoms with van der Waals surface area (Å²) in [6.07, 6.45) is 9.00. The van der Waals surface area contributed by atoms with Crippen LogP contribution in [0.3, 0.4) is 0 Å². The molecule has 1 saturated heterocycles. The van der Waals surface area contributed by atoms with Crippen LogP contribution in [0.15, 0.2) is 48.3 Å². The van der Waals surface area contributed by atoms with Crippen LogP contribution in [0.5, 0.6) is 0 Å². The normalized spacial score (nSPS) is 17.1. The average molecular weight is 556 g/mol. The first-order chi connectivity index (χ1) is 17.8. The molecule has 0 radical (unpaired) electrons. The molecule has 38 heavy (non-hydrogen) atoms. The lowest BCUT2D eigenvalue weighted by atomic mass is 9.85. The Labute approximate surface area is 231 Å². The van der Waals surface area contributed by atoms with Gasteiger partial charge in [0.15, 0.2) is 0 Å².